The van der Waals surface area contributed by atoms with Crippen LogP contribution in [0.2, 0.25) is 0 Å². The summed E-state index contributed by atoms with van der Waals surface area (Å²) >= 11 is 0. The molecule has 0 saturated carbocycles. The second-order valence-electron chi connectivity index (χ2n) is 5.17. The van der Waals surface area contributed by atoms with Crippen molar-refractivity contribution in [2.24, 2.45) is 4.99 Å². The van der Waals surface area contributed by atoms with E-state index in [1.807, 2.05) is 32.0 Å². The van der Waals surface area contributed by atoms with Crippen molar-refractivity contribution in [3.8, 4) is 0 Å². The Morgan fingerprint density at radius 1 is 1.19 bits per heavy atom. The Morgan fingerprint density at radius 3 is 2.57 bits per heavy atom. The van der Waals surface area contributed by atoms with Gasteiger partial charge in [0, 0.05) is 18.7 Å². The molecular weight excluding hydrogens is 267 g/mol. The molecule has 0 aliphatic heterocycles. The van der Waals surface area contributed by atoms with Crippen molar-refractivity contribution in [3.63, 3.8) is 0 Å². The third kappa shape index (κ3) is 4.38. The lowest BCUT2D eigenvalue weighted by atomic mass is 10.1. The average molecular weight is 286 g/mol. The van der Waals surface area contributed by atoms with Gasteiger partial charge in [0.15, 0.2) is 0 Å². The summed E-state index contributed by atoms with van der Waals surface area (Å²) in [6.45, 7) is 3.95. The molecule has 0 saturated heterocycles. The van der Waals surface area contributed by atoms with Crippen LogP contribution in [0.3, 0.4) is 0 Å². The average Bonchev–Trinajstić information content (AvgIpc) is 2.46. The van der Waals surface area contributed by atoms with Crippen LogP contribution in [-0.2, 0) is 6.42 Å². The van der Waals surface area contributed by atoms with Gasteiger partial charge in [-0.2, -0.15) is 0 Å². The van der Waals surface area contributed by atoms with E-state index < -0.39 is 0 Å². The van der Waals surface area contributed by atoms with Gasteiger partial charge in [0.05, 0.1) is 0 Å². The zero-order chi connectivity index (χ0) is 15.2. The van der Waals surface area contributed by atoms with Crippen LogP contribution >= 0.6 is 0 Å². The highest BCUT2D eigenvalue weighted by molar-refractivity contribution is 5.78. The summed E-state index contributed by atoms with van der Waals surface area (Å²) in [6, 6.07) is 11.9. The van der Waals surface area contributed by atoms with Crippen LogP contribution < -0.4 is 5.49 Å². The fraction of sp³-hybridized carbons (Fsp3) is 0.294. The number of halogens is 1. The molecule has 4 heteroatoms. The van der Waals surface area contributed by atoms with E-state index in [2.05, 4.69) is 4.99 Å². The molecule has 1 aromatic heterocycles. The molecule has 21 heavy (non-hydrogen) atoms. The third-order valence-electron chi connectivity index (χ3n) is 3.04. The smallest absolute Gasteiger partial charge is 0.232 e. The maximum Gasteiger partial charge on any atom is 0.232 e. The first-order valence-electron chi connectivity index (χ1n) is 7.05. The van der Waals surface area contributed by atoms with Crippen molar-refractivity contribution in [2.45, 2.75) is 32.7 Å². The van der Waals surface area contributed by atoms with Crippen molar-refractivity contribution < 1.29 is 9.18 Å². The zero-order valence-electron chi connectivity index (χ0n) is 12.3. The van der Waals surface area contributed by atoms with E-state index in [0.717, 1.165) is 5.56 Å². The van der Waals surface area contributed by atoms with E-state index in [1.165, 1.54) is 12.1 Å². The summed E-state index contributed by atoms with van der Waals surface area (Å²) in [6.07, 6.45) is 2.68. The number of hydrogen-bond donors (Lipinski definition) is 0. The second-order valence-corrected chi connectivity index (χ2v) is 5.17. The van der Waals surface area contributed by atoms with Gasteiger partial charge in [-0.1, -0.05) is 18.2 Å². The lowest BCUT2D eigenvalue weighted by Gasteiger charge is -2.07. The number of benzene rings is 1. The molecule has 2 rings (SSSR count). The molecule has 0 unspecified atom stereocenters. The molecule has 0 fully saturated rings. The Hall–Kier alpha value is -2.23. The third-order valence-corrected chi connectivity index (χ3v) is 3.04. The summed E-state index contributed by atoms with van der Waals surface area (Å²) < 4.78 is 14.4. The largest absolute Gasteiger partial charge is 0.274 e. The van der Waals surface area contributed by atoms with Gasteiger partial charge in [0.2, 0.25) is 5.91 Å². The Kier molecular flexibility index (Phi) is 5.04. The van der Waals surface area contributed by atoms with E-state index in [9.17, 15) is 9.18 Å². The van der Waals surface area contributed by atoms with Crippen LogP contribution in [0.15, 0.2) is 53.7 Å². The van der Waals surface area contributed by atoms with Crippen LogP contribution in [-0.4, -0.2) is 16.5 Å². The van der Waals surface area contributed by atoms with Crippen molar-refractivity contribution in [1.29, 1.82) is 0 Å². The van der Waals surface area contributed by atoms with Crippen molar-refractivity contribution >= 4 is 5.91 Å². The Labute approximate surface area is 123 Å². The van der Waals surface area contributed by atoms with Gasteiger partial charge in [-0.15, -0.1) is 0 Å². The summed E-state index contributed by atoms with van der Waals surface area (Å²) in [5, 5.41) is 0. The van der Waals surface area contributed by atoms with Crippen molar-refractivity contribution in [1.82, 2.24) is 4.57 Å². The van der Waals surface area contributed by atoms with Gasteiger partial charge >= 0.3 is 0 Å². The lowest BCUT2D eigenvalue weighted by molar-refractivity contribution is 0.0897. The maximum absolute atomic E-state index is 12.8. The molecule has 0 atom stereocenters. The topological polar surface area (TPSA) is 34.4 Å². The van der Waals surface area contributed by atoms with Crippen LogP contribution in [0, 0.1) is 5.82 Å². The van der Waals surface area contributed by atoms with E-state index in [-0.39, 0.29) is 17.8 Å². The quantitative estimate of drug-likeness (QED) is 0.850. The first kappa shape index (κ1) is 15.2. The normalized spacial score (nSPS) is 11.9. The molecule has 0 aliphatic rings. The summed E-state index contributed by atoms with van der Waals surface area (Å²) in [7, 11) is 0. The highest BCUT2D eigenvalue weighted by atomic mass is 19.1. The predicted molar refractivity (Wildman–Crippen MR) is 80.5 cm³/mol. The minimum Gasteiger partial charge on any atom is -0.274 e. The molecule has 2 aromatic rings. The molecule has 3 nitrogen and oxygen atoms in total. The minimum absolute atomic E-state index is 0.0145. The predicted octanol–water partition coefficient (Wildman–Crippen LogP) is 3.21. The zero-order valence-corrected chi connectivity index (χ0v) is 12.3. The molecule has 0 spiro atoms. The number of nitrogens with zero attached hydrogens (tertiary/aromatic N) is 2. The summed E-state index contributed by atoms with van der Waals surface area (Å²) in [4.78, 5) is 16.8. The SMILES string of the molecule is CC(C)N=c1ccccn1C(=O)CCc1ccc(F)cc1. The molecule has 0 bridgehead atoms. The molecular formula is C17H19FN2O. The van der Waals surface area contributed by atoms with E-state index >= 15 is 0 Å². The highest BCUT2D eigenvalue weighted by Crippen LogP contribution is 2.06. The Bertz CT molecular complexity index is 672. The van der Waals surface area contributed by atoms with E-state index in [1.54, 1.807) is 22.9 Å². The van der Waals surface area contributed by atoms with E-state index in [0.29, 0.717) is 18.3 Å². The van der Waals surface area contributed by atoms with Gasteiger partial charge in [0.25, 0.3) is 0 Å². The van der Waals surface area contributed by atoms with Crippen molar-refractivity contribution in [2.75, 3.05) is 0 Å². The van der Waals surface area contributed by atoms with Crippen LogP contribution in [0.5, 0.6) is 0 Å². The standard InChI is InChI=1S/C17H19FN2O/c1-13(2)19-16-5-3-4-12-20(16)17(21)11-8-14-6-9-15(18)10-7-14/h3-7,9-10,12-13H,8,11H2,1-2H3. The van der Waals surface area contributed by atoms with Gasteiger partial charge in [-0.05, 0) is 50.1 Å². The van der Waals surface area contributed by atoms with Gasteiger partial charge in [0.1, 0.15) is 11.3 Å². The van der Waals surface area contributed by atoms with Gasteiger partial charge < -0.3 is 0 Å². The molecule has 1 aromatic carbocycles. The summed E-state index contributed by atoms with van der Waals surface area (Å²) in [5.74, 6) is -0.278. The van der Waals surface area contributed by atoms with E-state index in [4.69, 9.17) is 0 Å². The Morgan fingerprint density at radius 2 is 1.90 bits per heavy atom. The fourth-order valence-electron chi connectivity index (χ4n) is 2.04. The number of rotatable bonds is 4. The monoisotopic (exact) mass is 286 g/mol. The number of pyridine rings is 1. The van der Waals surface area contributed by atoms with Crippen LogP contribution in [0.25, 0.3) is 0 Å². The van der Waals surface area contributed by atoms with Crippen LogP contribution in [0.1, 0.15) is 30.6 Å². The molecule has 0 amide bonds. The number of carbonyl (C=O) groups excluding carboxylic acids is 1. The number of aromatic nitrogens is 1. The van der Waals surface area contributed by atoms with Crippen LogP contribution in [0.4, 0.5) is 4.39 Å². The Balaban J connectivity index is 2.12. The highest BCUT2D eigenvalue weighted by Gasteiger charge is 2.06. The minimum atomic E-state index is -0.263. The second kappa shape index (κ2) is 6.97. The van der Waals surface area contributed by atoms with Gasteiger partial charge in [-0.25, -0.2) is 4.39 Å². The molecule has 1 heterocycles. The molecule has 0 aliphatic carbocycles. The molecule has 110 valence electrons. The molecule has 0 radical (unpaired) electrons. The first-order chi connectivity index (χ1) is 10.1. The number of carbonyl (C=O) groups is 1. The van der Waals surface area contributed by atoms with Gasteiger partial charge in [-0.3, -0.25) is 14.4 Å². The number of aryl methyl sites for hydroxylation is 1. The lowest BCUT2D eigenvalue weighted by Crippen LogP contribution is -2.27. The summed E-state index contributed by atoms with van der Waals surface area (Å²) in [5.41, 5.74) is 1.61. The first-order valence-corrected chi connectivity index (χ1v) is 7.05. The number of hydrogen-bond acceptors (Lipinski definition) is 2. The fourth-order valence-corrected chi connectivity index (χ4v) is 2.04. The molecule has 0 N–H and O–H groups in total. The maximum atomic E-state index is 12.8. The van der Waals surface area contributed by atoms with Crippen molar-refractivity contribution in [3.05, 3.63) is 65.5 Å².